The fourth-order valence-electron chi connectivity index (χ4n) is 3.37. The molecule has 0 atom stereocenters. The van der Waals surface area contributed by atoms with Crippen molar-refractivity contribution in [2.75, 3.05) is 25.0 Å². The molecule has 3 amide bonds. The van der Waals surface area contributed by atoms with Gasteiger partial charge in [0.15, 0.2) is 0 Å². The van der Waals surface area contributed by atoms with E-state index < -0.39 is 12.0 Å². The molecule has 0 spiro atoms. The standard InChI is InChI=1S/C27H29N3O4S/c1-3-16-29(27(33)28-23-14-12-22(13-15-23)26(32)34-4-2)20-25(31)30(19-24-11-8-17-35-24)18-21-9-6-5-7-10-21/h3,5-15,17H,1,4,16,18-20H2,2H3,(H,28,33). The molecule has 1 heterocycles. The Bertz CT molecular complexity index is 1120. The van der Waals surface area contributed by atoms with Crippen molar-refractivity contribution in [3.63, 3.8) is 0 Å². The molecule has 0 unspecified atom stereocenters. The van der Waals surface area contributed by atoms with Gasteiger partial charge >= 0.3 is 12.0 Å². The molecule has 3 rings (SSSR count). The van der Waals surface area contributed by atoms with E-state index in [9.17, 15) is 14.4 Å². The van der Waals surface area contributed by atoms with E-state index in [2.05, 4.69) is 11.9 Å². The summed E-state index contributed by atoms with van der Waals surface area (Å²) in [6, 6.07) is 19.7. The Morgan fingerprint density at radius 3 is 2.34 bits per heavy atom. The van der Waals surface area contributed by atoms with Crippen LogP contribution < -0.4 is 5.32 Å². The average molecular weight is 492 g/mol. The highest BCUT2D eigenvalue weighted by molar-refractivity contribution is 7.09. The first-order valence-corrected chi connectivity index (χ1v) is 12.2. The molecule has 7 nitrogen and oxygen atoms in total. The molecule has 0 bridgehead atoms. The van der Waals surface area contributed by atoms with Crippen LogP contribution in [0.25, 0.3) is 0 Å². The fourth-order valence-corrected chi connectivity index (χ4v) is 4.09. The summed E-state index contributed by atoms with van der Waals surface area (Å²) in [6.07, 6.45) is 1.58. The Hall–Kier alpha value is -3.91. The summed E-state index contributed by atoms with van der Waals surface area (Å²) in [5.74, 6) is -0.592. The number of anilines is 1. The molecule has 0 aliphatic carbocycles. The highest BCUT2D eigenvalue weighted by Crippen LogP contribution is 2.16. The Kier molecular flexibility index (Phi) is 9.62. The molecule has 1 N–H and O–H groups in total. The summed E-state index contributed by atoms with van der Waals surface area (Å²) >= 11 is 1.59. The minimum absolute atomic E-state index is 0.100. The normalized spacial score (nSPS) is 10.3. The number of benzene rings is 2. The number of esters is 1. The predicted molar refractivity (Wildman–Crippen MR) is 138 cm³/mol. The lowest BCUT2D eigenvalue weighted by atomic mass is 10.2. The maximum absolute atomic E-state index is 13.3. The number of thiophene rings is 1. The van der Waals surface area contributed by atoms with Crippen molar-refractivity contribution < 1.29 is 19.1 Å². The van der Waals surface area contributed by atoms with Gasteiger partial charge < -0.3 is 19.9 Å². The van der Waals surface area contributed by atoms with Gasteiger partial charge in [0, 0.05) is 23.7 Å². The van der Waals surface area contributed by atoms with Crippen LogP contribution in [-0.2, 0) is 22.6 Å². The third kappa shape index (κ3) is 7.82. The van der Waals surface area contributed by atoms with Crippen LogP contribution in [0.15, 0.2) is 84.8 Å². The van der Waals surface area contributed by atoms with Crippen molar-refractivity contribution in [3.05, 3.63) is 101 Å². The highest BCUT2D eigenvalue weighted by atomic mass is 32.1. The third-order valence-corrected chi connectivity index (χ3v) is 5.97. The second-order valence-electron chi connectivity index (χ2n) is 7.71. The molecular formula is C27H29N3O4S. The van der Waals surface area contributed by atoms with Crippen LogP contribution in [0.2, 0.25) is 0 Å². The topological polar surface area (TPSA) is 79.0 Å². The van der Waals surface area contributed by atoms with Gasteiger partial charge in [-0.15, -0.1) is 17.9 Å². The van der Waals surface area contributed by atoms with Crippen molar-refractivity contribution in [3.8, 4) is 0 Å². The van der Waals surface area contributed by atoms with Gasteiger partial charge in [0.05, 0.1) is 18.7 Å². The van der Waals surface area contributed by atoms with E-state index in [4.69, 9.17) is 4.74 Å². The molecule has 0 fully saturated rings. The molecule has 0 saturated carbocycles. The largest absolute Gasteiger partial charge is 0.462 e. The summed E-state index contributed by atoms with van der Waals surface area (Å²) in [4.78, 5) is 42.3. The molecule has 2 aromatic carbocycles. The fraction of sp³-hybridized carbons (Fsp3) is 0.222. The van der Waals surface area contributed by atoms with Crippen molar-refractivity contribution >= 4 is 34.9 Å². The number of nitrogens with one attached hydrogen (secondary N) is 1. The average Bonchev–Trinajstić information content (AvgIpc) is 3.38. The van der Waals surface area contributed by atoms with E-state index in [0.717, 1.165) is 10.4 Å². The minimum Gasteiger partial charge on any atom is -0.462 e. The zero-order chi connectivity index (χ0) is 25.0. The SMILES string of the molecule is C=CCN(CC(=O)N(Cc1ccccc1)Cc1cccs1)C(=O)Nc1ccc(C(=O)OCC)cc1. The van der Waals surface area contributed by atoms with E-state index in [1.807, 2.05) is 47.8 Å². The summed E-state index contributed by atoms with van der Waals surface area (Å²) < 4.78 is 4.98. The van der Waals surface area contributed by atoms with Gasteiger partial charge in [-0.2, -0.15) is 0 Å². The quantitative estimate of drug-likeness (QED) is 0.296. The maximum Gasteiger partial charge on any atom is 0.338 e. The summed E-state index contributed by atoms with van der Waals surface area (Å²) in [5, 5.41) is 4.76. The van der Waals surface area contributed by atoms with Crippen molar-refractivity contribution in [1.29, 1.82) is 0 Å². The van der Waals surface area contributed by atoms with Gasteiger partial charge in [-0.05, 0) is 48.2 Å². The van der Waals surface area contributed by atoms with Crippen LogP contribution in [0.5, 0.6) is 0 Å². The van der Waals surface area contributed by atoms with Crippen LogP contribution in [-0.4, -0.2) is 47.4 Å². The van der Waals surface area contributed by atoms with E-state index >= 15 is 0 Å². The number of hydrogen-bond acceptors (Lipinski definition) is 5. The number of nitrogens with zero attached hydrogens (tertiary/aromatic N) is 2. The summed E-state index contributed by atoms with van der Waals surface area (Å²) in [5.41, 5.74) is 1.91. The Labute approximate surface area is 209 Å². The second kappa shape index (κ2) is 13.1. The Morgan fingerprint density at radius 2 is 1.71 bits per heavy atom. The number of carbonyl (C=O) groups is 3. The lowest BCUT2D eigenvalue weighted by Gasteiger charge is -2.27. The molecule has 182 valence electrons. The molecule has 0 radical (unpaired) electrons. The predicted octanol–water partition coefficient (Wildman–Crippen LogP) is 5.17. The van der Waals surface area contributed by atoms with Crippen LogP contribution in [0.4, 0.5) is 10.5 Å². The zero-order valence-corrected chi connectivity index (χ0v) is 20.5. The first-order chi connectivity index (χ1) is 17.0. The first kappa shape index (κ1) is 25.7. The molecular weight excluding hydrogens is 462 g/mol. The smallest absolute Gasteiger partial charge is 0.338 e. The van der Waals surface area contributed by atoms with Crippen molar-refractivity contribution in [2.45, 2.75) is 20.0 Å². The Balaban J connectivity index is 1.69. The molecule has 8 heteroatoms. The van der Waals surface area contributed by atoms with Crippen molar-refractivity contribution in [2.24, 2.45) is 0 Å². The lowest BCUT2D eigenvalue weighted by molar-refractivity contribution is -0.132. The van der Waals surface area contributed by atoms with Crippen LogP contribution in [0.3, 0.4) is 0 Å². The zero-order valence-electron chi connectivity index (χ0n) is 19.7. The maximum atomic E-state index is 13.3. The third-order valence-electron chi connectivity index (χ3n) is 5.11. The Morgan fingerprint density at radius 1 is 0.971 bits per heavy atom. The van der Waals surface area contributed by atoms with Crippen LogP contribution in [0.1, 0.15) is 27.7 Å². The molecule has 1 aromatic heterocycles. The molecule has 3 aromatic rings. The van der Waals surface area contributed by atoms with E-state index in [0.29, 0.717) is 24.3 Å². The molecule has 35 heavy (non-hydrogen) atoms. The van der Waals surface area contributed by atoms with E-state index in [-0.39, 0.29) is 25.6 Å². The second-order valence-corrected chi connectivity index (χ2v) is 8.74. The lowest BCUT2D eigenvalue weighted by Crippen LogP contribution is -2.44. The first-order valence-electron chi connectivity index (χ1n) is 11.3. The van der Waals surface area contributed by atoms with Gasteiger partial charge in [0.2, 0.25) is 5.91 Å². The number of ether oxygens (including phenoxy) is 1. The van der Waals surface area contributed by atoms with Crippen LogP contribution in [0, 0.1) is 0 Å². The van der Waals surface area contributed by atoms with Crippen molar-refractivity contribution in [1.82, 2.24) is 9.80 Å². The van der Waals surface area contributed by atoms with Gasteiger partial charge in [0.25, 0.3) is 0 Å². The molecule has 0 aliphatic rings. The summed E-state index contributed by atoms with van der Waals surface area (Å²) in [6.45, 7) is 6.76. The highest BCUT2D eigenvalue weighted by Gasteiger charge is 2.22. The molecule has 0 aliphatic heterocycles. The van der Waals surface area contributed by atoms with Gasteiger partial charge in [-0.1, -0.05) is 42.5 Å². The number of amides is 3. The number of urea groups is 1. The monoisotopic (exact) mass is 491 g/mol. The summed E-state index contributed by atoms with van der Waals surface area (Å²) in [7, 11) is 0. The van der Waals surface area contributed by atoms with Gasteiger partial charge in [-0.25, -0.2) is 9.59 Å². The van der Waals surface area contributed by atoms with Gasteiger partial charge in [-0.3, -0.25) is 4.79 Å². The number of hydrogen-bond donors (Lipinski definition) is 1. The number of carbonyl (C=O) groups excluding carboxylic acids is 3. The number of rotatable bonds is 11. The van der Waals surface area contributed by atoms with Gasteiger partial charge in [0.1, 0.15) is 6.54 Å². The van der Waals surface area contributed by atoms with E-state index in [1.165, 1.54) is 4.90 Å². The van der Waals surface area contributed by atoms with Crippen LogP contribution >= 0.6 is 11.3 Å². The van der Waals surface area contributed by atoms with E-state index in [1.54, 1.807) is 53.5 Å². The molecule has 0 saturated heterocycles. The minimum atomic E-state index is -0.432.